The van der Waals surface area contributed by atoms with E-state index in [1.165, 1.54) is 16.8 Å². The van der Waals surface area contributed by atoms with Crippen LogP contribution in [0.5, 0.6) is 0 Å². The number of carbonyl (C=O) groups is 1. The molecule has 1 aromatic heterocycles. The van der Waals surface area contributed by atoms with Crippen LogP contribution >= 0.6 is 0 Å². The average Bonchev–Trinajstić information content (AvgIpc) is 2.46. The lowest BCUT2D eigenvalue weighted by Crippen LogP contribution is -2.47. The molecule has 1 fully saturated rings. The molecule has 0 spiro atoms. The lowest BCUT2D eigenvalue weighted by Gasteiger charge is -2.33. The Morgan fingerprint density at radius 3 is 3.05 bits per heavy atom. The number of hydrogen-bond acceptors (Lipinski definition) is 5. The van der Waals surface area contributed by atoms with Gasteiger partial charge in [-0.3, -0.25) is 9.59 Å². The summed E-state index contributed by atoms with van der Waals surface area (Å²) in [5.41, 5.74) is 0.0306. The fourth-order valence-electron chi connectivity index (χ4n) is 2.08. The number of aromatic nitrogens is 2. The van der Waals surface area contributed by atoms with Gasteiger partial charge >= 0.3 is 0 Å². The zero-order valence-electron chi connectivity index (χ0n) is 11.7. The zero-order valence-corrected chi connectivity index (χ0v) is 11.7. The maximum absolute atomic E-state index is 12.4. The van der Waals surface area contributed by atoms with E-state index in [9.17, 15) is 9.59 Å². The molecule has 0 aromatic carbocycles. The van der Waals surface area contributed by atoms with Crippen LogP contribution in [0.25, 0.3) is 0 Å². The van der Waals surface area contributed by atoms with Crippen LogP contribution in [0, 0.1) is 0 Å². The van der Waals surface area contributed by atoms with Crippen LogP contribution in [0.4, 0.5) is 0 Å². The number of rotatable bonds is 4. The molecule has 20 heavy (non-hydrogen) atoms. The SMILES string of the molecule is COCCn1nc(C(=O)N2CCOCC2C)ccc1=O. The molecule has 0 radical (unpaired) electrons. The molecule has 1 atom stereocenters. The van der Waals surface area contributed by atoms with Crippen molar-refractivity contribution in [1.29, 1.82) is 0 Å². The Bertz CT molecular complexity index is 529. The Balaban J connectivity index is 2.19. The van der Waals surface area contributed by atoms with Gasteiger partial charge in [0.15, 0.2) is 0 Å². The van der Waals surface area contributed by atoms with E-state index >= 15 is 0 Å². The Kier molecular flexibility index (Phi) is 4.86. The predicted molar refractivity (Wildman–Crippen MR) is 71.7 cm³/mol. The van der Waals surface area contributed by atoms with Crippen LogP contribution in [-0.2, 0) is 16.0 Å². The Labute approximate surface area is 117 Å². The highest BCUT2D eigenvalue weighted by atomic mass is 16.5. The van der Waals surface area contributed by atoms with E-state index in [-0.39, 0.29) is 23.2 Å². The number of morpholine rings is 1. The first-order chi connectivity index (χ1) is 9.63. The molecule has 1 aromatic rings. The third-order valence-electron chi connectivity index (χ3n) is 3.22. The van der Waals surface area contributed by atoms with Crippen LogP contribution in [0.3, 0.4) is 0 Å². The Morgan fingerprint density at radius 2 is 2.35 bits per heavy atom. The molecule has 0 N–H and O–H groups in total. The van der Waals surface area contributed by atoms with E-state index in [2.05, 4.69) is 5.10 Å². The molecule has 2 heterocycles. The topological polar surface area (TPSA) is 73.7 Å². The summed E-state index contributed by atoms with van der Waals surface area (Å²) in [5.74, 6) is -0.174. The average molecular weight is 281 g/mol. The summed E-state index contributed by atoms with van der Waals surface area (Å²) in [7, 11) is 1.55. The normalized spacial score (nSPS) is 19.1. The number of nitrogens with zero attached hydrogens (tertiary/aromatic N) is 3. The first-order valence-corrected chi connectivity index (χ1v) is 6.59. The second-order valence-electron chi connectivity index (χ2n) is 4.70. The van der Waals surface area contributed by atoms with Crippen LogP contribution in [-0.4, -0.2) is 60.1 Å². The summed E-state index contributed by atoms with van der Waals surface area (Å²) in [6.07, 6.45) is 0. The van der Waals surface area contributed by atoms with E-state index in [1.54, 1.807) is 12.0 Å². The van der Waals surface area contributed by atoms with Gasteiger partial charge in [0.2, 0.25) is 0 Å². The van der Waals surface area contributed by atoms with E-state index in [1.807, 2.05) is 6.92 Å². The third-order valence-corrected chi connectivity index (χ3v) is 3.22. The van der Waals surface area contributed by atoms with Gasteiger partial charge in [0.05, 0.1) is 32.4 Å². The van der Waals surface area contributed by atoms with Crippen molar-refractivity contribution in [1.82, 2.24) is 14.7 Å². The number of ether oxygens (including phenoxy) is 2. The Morgan fingerprint density at radius 1 is 1.55 bits per heavy atom. The van der Waals surface area contributed by atoms with Crippen molar-refractivity contribution < 1.29 is 14.3 Å². The second kappa shape index (κ2) is 6.62. The minimum absolute atomic E-state index is 0.0115. The van der Waals surface area contributed by atoms with Crippen LogP contribution in [0.15, 0.2) is 16.9 Å². The van der Waals surface area contributed by atoms with Gasteiger partial charge in [-0.05, 0) is 13.0 Å². The first-order valence-electron chi connectivity index (χ1n) is 6.59. The molecule has 7 nitrogen and oxygen atoms in total. The molecule has 1 saturated heterocycles. The van der Waals surface area contributed by atoms with Crippen LogP contribution in [0.1, 0.15) is 17.4 Å². The van der Waals surface area contributed by atoms with Gasteiger partial charge in [-0.1, -0.05) is 0 Å². The van der Waals surface area contributed by atoms with Gasteiger partial charge in [-0.15, -0.1) is 0 Å². The third kappa shape index (κ3) is 3.23. The number of carbonyl (C=O) groups excluding carboxylic acids is 1. The zero-order chi connectivity index (χ0) is 14.5. The fourth-order valence-corrected chi connectivity index (χ4v) is 2.08. The van der Waals surface area contributed by atoms with Crippen molar-refractivity contribution in [2.24, 2.45) is 0 Å². The molecule has 0 bridgehead atoms. The minimum Gasteiger partial charge on any atom is -0.383 e. The lowest BCUT2D eigenvalue weighted by atomic mass is 10.2. The highest BCUT2D eigenvalue weighted by molar-refractivity contribution is 5.92. The monoisotopic (exact) mass is 281 g/mol. The van der Waals surface area contributed by atoms with E-state index in [0.29, 0.717) is 32.9 Å². The van der Waals surface area contributed by atoms with Crippen molar-refractivity contribution in [2.75, 3.05) is 33.5 Å². The van der Waals surface area contributed by atoms with Crippen molar-refractivity contribution in [3.8, 4) is 0 Å². The molecular weight excluding hydrogens is 262 g/mol. The largest absolute Gasteiger partial charge is 0.383 e. The summed E-state index contributed by atoms with van der Waals surface area (Å²) in [5, 5.41) is 4.11. The van der Waals surface area contributed by atoms with Crippen molar-refractivity contribution in [3.63, 3.8) is 0 Å². The molecule has 1 aliphatic heterocycles. The molecule has 2 rings (SSSR count). The van der Waals surface area contributed by atoms with Crippen molar-refractivity contribution in [3.05, 3.63) is 28.2 Å². The molecule has 0 aliphatic carbocycles. The maximum Gasteiger partial charge on any atom is 0.274 e. The van der Waals surface area contributed by atoms with Gasteiger partial charge < -0.3 is 14.4 Å². The summed E-state index contributed by atoms with van der Waals surface area (Å²) in [4.78, 5) is 25.8. The standard InChI is InChI=1S/C13H19N3O4/c1-10-9-20-8-5-15(10)13(18)11-3-4-12(17)16(14-11)6-7-19-2/h3-4,10H,5-9H2,1-2H3. The highest BCUT2D eigenvalue weighted by Gasteiger charge is 2.26. The van der Waals surface area contributed by atoms with E-state index < -0.39 is 0 Å². The van der Waals surface area contributed by atoms with E-state index in [0.717, 1.165) is 0 Å². The van der Waals surface area contributed by atoms with Gasteiger partial charge in [-0.2, -0.15) is 5.10 Å². The minimum atomic E-state index is -0.242. The summed E-state index contributed by atoms with van der Waals surface area (Å²) in [6.45, 7) is 4.22. The first kappa shape index (κ1) is 14.7. The summed E-state index contributed by atoms with van der Waals surface area (Å²) in [6, 6.07) is 2.84. The second-order valence-corrected chi connectivity index (χ2v) is 4.70. The van der Waals surface area contributed by atoms with Gasteiger partial charge in [0.25, 0.3) is 11.5 Å². The molecule has 0 saturated carbocycles. The van der Waals surface area contributed by atoms with Gasteiger partial charge in [0.1, 0.15) is 5.69 Å². The van der Waals surface area contributed by atoms with E-state index in [4.69, 9.17) is 9.47 Å². The lowest BCUT2D eigenvalue weighted by molar-refractivity contribution is 0.00311. The predicted octanol–water partition coefficient (Wildman–Crippen LogP) is -0.249. The van der Waals surface area contributed by atoms with Crippen LogP contribution < -0.4 is 5.56 Å². The molecular formula is C13H19N3O4. The van der Waals surface area contributed by atoms with Gasteiger partial charge in [0, 0.05) is 19.7 Å². The van der Waals surface area contributed by atoms with Crippen molar-refractivity contribution >= 4 is 5.91 Å². The summed E-state index contributed by atoms with van der Waals surface area (Å²) >= 11 is 0. The number of methoxy groups -OCH3 is 1. The Hall–Kier alpha value is -1.73. The molecule has 110 valence electrons. The molecule has 7 heteroatoms. The van der Waals surface area contributed by atoms with Gasteiger partial charge in [-0.25, -0.2) is 4.68 Å². The highest BCUT2D eigenvalue weighted by Crippen LogP contribution is 2.10. The maximum atomic E-state index is 12.4. The number of hydrogen-bond donors (Lipinski definition) is 0. The molecule has 1 aliphatic rings. The molecule has 1 amide bonds. The summed E-state index contributed by atoms with van der Waals surface area (Å²) < 4.78 is 11.5. The smallest absolute Gasteiger partial charge is 0.274 e. The van der Waals surface area contributed by atoms with Crippen LogP contribution in [0.2, 0.25) is 0 Å². The quantitative estimate of drug-likeness (QED) is 0.761. The molecule has 1 unspecified atom stereocenters. The fraction of sp³-hybridized carbons (Fsp3) is 0.615. The van der Waals surface area contributed by atoms with Crippen molar-refractivity contribution in [2.45, 2.75) is 19.5 Å². The number of amides is 1.